The summed E-state index contributed by atoms with van der Waals surface area (Å²) >= 11 is 17.7. The molecule has 0 amide bonds. The lowest BCUT2D eigenvalue weighted by Crippen LogP contribution is -3.00. The van der Waals surface area contributed by atoms with Gasteiger partial charge in [0, 0.05) is 0 Å². The largest absolute Gasteiger partial charge is 1.00 e. The third-order valence-electron chi connectivity index (χ3n) is 1.76. The maximum Gasteiger partial charge on any atom is 0.590 e. The summed E-state index contributed by atoms with van der Waals surface area (Å²) in [5.41, 5.74) is 0. The van der Waals surface area contributed by atoms with Gasteiger partial charge < -0.3 is 16.6 Å². The standard InChI is InChI=1S/C6H15Cl3NSi.ClH/c1-4-5-6-10(2,3)11(7,8)9;/h4-6H2,1-3H3;1H/q+1;/p-1. The topological polar surface area (TPSA) is 0 Å². The van der Waals surface area contributed by atoms with E-state index in [0.717, 1.165) is 19.4 Å². The average molecular weight is 271 g/mol. The molecule has 0 spiro atoms. The van der Waals surface area contributed by atoms with E-state index < -0.39 is 6.16 Å². The second kappa shape index (κ2) is 5.94. The van der Waals surface area contributed by atoms with Crippen LogP contribution in [-0.4, -0.2) is 31.0 Å². The van der Waals surface area contributed by atoms with E-state index in [0.29, 0.717) is 4.15 Å². The van der Waals surface area contributed by atoms with Crippen LogP contribution < -0.4 is 12.4 Å². The van der Waals surface area contributed by atoms with Gasteiger partial charge in [0.2, 0.25) is 0 Å². The Morgan fingerprint density at radius 1 is 1.17 bits per heavy atom. The summed E-state index contributed by atoms with van der Waals surface area (Å²) in [5, 5.41) is 0. The molecule has 0 aromatic carbocycles. The molecule has 0 aliphatic rings. The molecule has 12 heavy (non-hydrogen) atoms. The Kier molecular flexibility index (Phi) is 7.82. The van der Waals surface area contributed by atoms with Crippen molar-refractivity contribution in [1.29, 1.82) is 0 Å². The zero-order chi connectivity index (χ0) is 9.12. The first-order valence-electron chi connectivity index (χ1n) is 3.71. The maximum atomic E-state index is 5.90. The summed E-state index contributed by atoms with van der Waals surface area (Å²) in [6.07, 6.45) is -0.299. The van der Waals surface area contributed by atoms with Gasteiger partial charge in [-0.2, -0.15) is 0 Å². The predicted molar refractivity (Wildman–Crippen MR) is 55.2 cm³/mol. The molecule has 0 aromatic rings. The zero-order valence-corrected chi connectivity index (χ0v) is 11.6. The van der Waals surface area contributed by atoms with Crippen molar-refractivity contribution in [2.24, 2.45) is 0 Å². The summed E-state index contributed by atoms with van der Waals surface area (Å²) in [6, 6.07) is 0. The molecule has 0 saturated heterocycles. The Hall–Kier alpha value is 1.34. The molecular formula is C6H15Cl4NSi. The quantitative estimate of drug-likeness (QED) is 0.499. The molecule has 0 fully saturated rings. The summed E-state index contributed by atoms with van der Waals surface area (Å²) in [5.74, 6) is 0. The van der Waals surface area contributed by atoms with Crippen molar-refractivity contribution in [3.05, 3.63) is 0 Å². The first kappa shape index (κ1) is 15.8. The van der Waals surface area contributed by atoms with E-state index in [4.69, 9.17) is 33.2 Å². The fourth-order valence-electron chi connectivity index (χ4n) is 0.680. The molecule has 0 rings (SSSR count). The minimum atomic E-state index is -2.57. The van der Waals surface area contributed by atoms with Gasteiger partial charge in [0.15, 0.2) is 0 Å². The second-order valence-corrected chi connectivity index (χ2v) is 12.0. The van der Waals surface area contributed by atoms with E-state index in [9.17, 15) is 0 Å². The van der Waals surface area contributed by atoms with Crippen molar-refractivity contribution in [3.8, 4) is 0 Å². The first-order valence-corrected chi connectivity index (χ1v) is 8.69. The monoisotopic (exact) mass is 269 g/mol. The first-order chi connectivity index (χ1) is 4.81. The van der Waals surface area contributed by atoms with E-state index >= 15 is 0 Å². The number of unbranched alkanes of at least 4 members (excludes halogenated alkanes) is 1. The molecule has 0 bridgehead atoms. The molecule has 0 aromatic heterocycles. The van der Waals surface area contributed by atoms with Gasteiger partial charge in [0.1, 0.15) is 0 Å². The highest BCUT2D eigenvalue weighted by molar-refractivity contribution is 7.61. The average Bonchev–Trinajstić information content (AvgIpc) is 1.81. The predicted octanol–water partition coefficient (Wildman–Crippen LogP) is 0.0189. The smallest absolute Gasteiger partial charge is 0.590 e. The minimum Gasteiger partial charge on any atom is -1.00 e. The third kappa shape index (κ3) is 5.15. The molecule has 0 N–H and O–H groups in total. The molecule has 0 saturated carbocycles. The number of rotatable bonds is 4. The number of hydrogen-bond acceptors (Lipinski definition) is 0. The Labute approximate surface area is 96.2 Å². The molecular weight excluding hydrogens is 256 g/mol. The van der Waals surface area contributed by atoms with E-state index in [1.54, 1.807) is 0 Å². The van der Waals surface area contributed by atoms with Crippen molar-refractivity contribution in [2.75, 3.05) is 20.6 Å². The van der Waals surface area contributed by atoms with Crippen molar-refractivity contribution >= 4 is 39.4 Å². The van der Waals surface area contributed by atoms with Gasteiger partial charge in [-0.3, -0.25) is 0 Å². The lowest BCUT2D eigenvalue weighted by atomic mass is 10.3. The van der Waals surface area contributed by atoms with Gasteiger partial charge in [-0.15, -0.1) is 0 Å². The number of hydrogen-bond donors (Lipinski definition) is 0. The van der Waals surface area contributed by atoms with Gasteiger partial charge in [-0.25, -0.2) is 0 Å². The van der Waals surface area contributed by atoms with Crippen molar-refractivity contribution < 1.29 is 16.6 Å². The van der Waals surface area contributed by atoms with Gasteiger partial charge in [0.05, 0.1) is 20.6 Å². The highest BCUT2D eigenvalue weighted by Gasteiger charge is 2.47. The van der Waals surface area contributed by atoms with Gasteiger partial charge >= 0.3 is 6.16 Å². The van der Waals surface area contributed by atoms with Crippen LogP contribution in [0.1, 0.15) is 19.8 Å². The van der Waals surface area contributed by atoms with Crippen LogP contribution >= 0.6 is 33.2 Å². The Morgan fingerprint density at radius 2 is 1.58 bits per heavy atom. The van der Waals surface area contributed by atoms with E-state index in [-0.39, 0.29) is 12.4 Å². The van der Waals surface area contributed by atoms with E-state index in [1.807, 2.05) is 14.1 Å². The lowest BCUT2D eigenvalue weighted by Gasteiger charge is -2.34. The van der Waals surface area contributed by atoms with Crippen LogP contribution in [0.2, 0.25) is 0 Å². The Bertz CT molecular complexity index is 123. The van der Waals surface area contributed by atoms with Gasteiger partial charge in [0.25, 0.3) is 0 Å². The molecule has 0 aliphatic carbocycles. The fraction of sp³-hybridized carbons (Fsp3) is 1.00. The van der Waals surface area contributed by atoms with Crippen LogP contribution in [0.4, 0.5) is 0 Å². The number of quaternary nitrogens is 1. The summed E-state index contributed by atoms with van der Waals surface area (Å²) in [4.78, 5) is 0. The lowest BCUT2D eigenvalue weighted by molar-refractivity contribution is -0.782. The van der Waals surface area contributed by atoms with Crippen molar-refractivity contribution in [3.63, 3.8) is 0 Å². The molecule has 0 radical (unpaired) electrons. The summed E-state index contributed by atoms with van der Waals surface area (Å²) in [6.45, 7) is 3.10. The van der Waals surface area contributed by atoms with Gasteiger partial charge in [-0.05, 0) is 6.42 Å². The van der Waals surface area contributed by atoms with E-state index in [2.05, 4.69) is 6.92 Å². The summed E-state index contributed by atoms with van der Waals surface area (Å²) < 4.78 is 0.561. The SMILES string of the molecule is CCCC[N+](C)(C)[Si](Cl)(Cl)Cl.[Cl-]. The second-order valence-electron chi connectivity index (χ2n) is 3.23. The van der Waals surface area contributed by atoms with Crippen LogP contribution in [-0.2, 0) is 0 Å². The maximum absolute atomic E-state index is 5.90. The Balaban J connectivity index is 0. The number of halogens is 4. The van der Waals surface area contributed by atoms with Gasteiger partial charge in [-0.1, -0.05) is 46.6 Å². The van der Waals surface area contributed by atoms with Crippen LogP contribution in [0, 0.1) is 0 Å². The Morgan fingerprint density at radius 3 is 1.83 bits per heavy atom. The van der Waals surface area contributed by atoms with Crippen molar-refractivity contribution in [2.45, 2.75) is 19.8 Å². The molecule has 0 aliphatic heterocycles. The molecule has 76 valence electrons. The summed E-state index contributed by atoms with van der Waals surface area (Å²) in [7, 11) is 3.96. The van der Waals surface area contributed by atoms with Crippen LogP contribution in [0.25, 0.3) is 0 Å². The van der Waals surface area contributed by atoms with E-state index in [1.165, 1.54) is 0 Å². The molecule has 0 unspecified atom stereocenters. The molecule has 0 heterocycles. The fourth-order valence-corrected chi connectivity index (χ4v) is 1.85. The molecule has 6 heteroatoms. The zero-order valence-electron chi connectivity index (χ0n) is 7.58. The highest BCUT2D eigenvalue weighted by atomic mass is 35.8. The van der Waals surface area contributed by atoms with Crippen molar-refractivity contribution in [1.82, 2.24) is 0 Å². The third-order valence-corrected chi connectivity index (χ3v) is 7.47. The van der Waals surface area contributed by atoms with Crippen LogP contribution in [0.5, 0.6) is 0 Å². The molecule has 1 nitrogen and oxygen atoms in total. The van der Waals surface area contributed by atoms with Crippen LogP contribution in [0.3, 0.4) is 0 Å². The minimum absolute atomic E-state index is 0. The van der Waals surface area contributed by atoms with Crippen LogP contribution in [0.15, 0.2) is 0 Å². The molecule has 0 atom stereocenters. The number of nitrogens with zero attached hydrogens (tertiary/aromatic N) is 1. The highest BCUT2D eigenvalue weighted by Crippen LogP contribution is 2.29. The normalized spacial score (nSPS) is 12.5.